The van der Waals surface area contributed by atoms with Gasteiger partial charge < -0.3 is 19.7 Å². The summed E-state index contributed by atoms with van der Waals surface area (Å²) in [7, 11) is 0. The van der Waals surface area contributed by atoms with Crippen molar-refractivity contribution in [3.8, 4) is 11.5 Å². The normalized spacial score (nSPS) is 27.8. The van der Waals surface area contributed by atoms with Gasteiger partial charge in [0.05, 0.1) is 29.7 Å². The summed E-state index contributed by atoms with van der Waals surface area (Å²) in [4.78, 5) is 40.9. The second kappa shape index (κ2) is 11.8. The van der Waals surface area contributed by atoms with E-state index in [0.717, 1.165) is 5.56 Å². The van der Waals surface area contributed by atoms with E-state index in [-0.39, 0.29) is 18.9 Å². The molecule has 3 aromatic carbocycles. The summed E-state index contributed by atoms with van der Waals surface area (Å²) in [5.74, 6) is -2.29. The lowest BCUT2D eigenvalue weighted by Crippen LogP contribution is -2.55. The van der Waals surface area contributed by atoms with Gasteiger partial charge in [-0.05, 0) is 42.7 Å². The van der Waals surface area contributed by atoms with Crippen molar-refractivity contribution in [1.29, 1.82) is 0 Å². The average molecular weight is 570 g/mol. The molecule has 6 atom stereocenters. The van der Waals surface area contributed by atoms with Crippen molar-refractivity contribution >= 4 is 29.3 Å². The van der Waals surface area contributed by atoms with Crippen LogP contribution in [0.25, 0.3) is 0 Å². The Hall–Kier alpha value is -4.54. The molecule has 2 saturated carbocycles. The quantitative estimate of drug-likeness (QED) is 0.301. The van der Waals surface area contributed by atoms with Crippen molar-refractivity contribution in [2.45, 2.75) is 38.1 Å². The Balaban J connectivity index is 1.20. The molecule has 10 nitrogen and oxygen atoms in total. The van der Waals surface area contributed by atoms with Crippen molar-refractivity contribution in [3.05, 3.63) is 90.5 Å². The maximum Gasteiger partial charge on any atom is 0.428 e. The Morgan fingerprint density at radius 1 is 0.881 bits per heavy atom. The van der Waals surface area contributed by atoms with E-state index >= 15 is 0 Å². The molecular formula is C32H31N3O7. The second-order valence-corrected chi connectivity index (χ2v) is 10.9. The molecule has 0 bridgehead atoms. The minimum absolute atomic E-state index is 0.0312. The summed E-state index contributed by atoms with van der Waals surface area (Å²) in [5, 5.41) is 26.1. The fraction of sp³-hybridized carbons (Fsp3) is 0.312. The number of aliphatic hydroxyl groups excluding tert-OH is 2. The molecule has 2 aliphatic carbocycles. The van der Waals surface area contributed by atoms with E-state index in [4.69, 9.17) is 9.47 Å². The van der Waals surface area contributed by atoms with Crippen LogP contribution in [0.4, 0.5) is 10.5 Å². The molecule has 0 spiro atoms. The van der Waals surface area contributed by atoms with Crippen molar-refractivity contribution < 1.29 is 34.1 Å². The summed E-state index contributed by atoms with van der Waals surface area (Å²) in [6.45, 7) is 0.0682. The Morgan fingerprint density at radius 3 is 2.33 bits per heavy atom. The molecule has 3 amide bonds. The van der Waals surface area contributed by atoms with Gasteiger partial charge in [0.1, 0.15) is 18.1 Å². The number of carbonyl (C=O) groups excluding carboxylic acids is 3. The Morgan fingerprint density at radius 2 is 1.57 bits per heavy atom. The van der Waals surface area contributed by atoms with Crippen LogP contribution < -0.4 is 15.1 Å². The van der Waals surface area contributed by atoms with Crippen molar-refractivity contribution in [1.82, 2.24) is 5.43 Å². The third-order valence-corrected chi connectivity index (χ3v) is 8.34. The van der Waals surface area contributed by atoms with Gasteiger partial charge in [0.15, 0.2) is 0 Å². The standard InChI is InChI=1S/C32H31N3O7/c36-26-17-25(33-34-32(40)41-18-19-8-3-1-4-9-19)23-14-15-24-28(27(23)29(26)37)31(39)35(30(24)38)20-10-7-13-22(16-20)42-21-11-5-2-6-12-21/h1-13,16,23-24,26-29,36-37H,14-15,17-18H2,(H,34,40)/b33-25+/t23-,24+,26+,27-,28+,29+/m0/s1. The van der Waals surface area contributed by atoms with E-state index in [0.29, 0.717) is 35.7 Å². The number of aliphatic hydroxyl groups is 2. The number of anilines is 1. The number of hydrogen-bond donors (Lipinski definition) is 3. The molecule has 0 unspecified atom stereocenters. The fourth-order valence-electron chi connectivity index (χ4n) is 6.44. The number of benzene rings is 3. The lowest BCUT2D eigenvalue weighted by molar-refractivity contribution is -0.132. The van der Waals surface area contributed by atoms with E-state index < -0.39 is 47.9 Å². The van der Waals surface area contributed by atoms with Gasteiger partial charge in [-0.3, -0.25) is 9.59 Å². The molecule has 1 aliphatic heterocycles. The predicted molar refractivity (Wildman–Crippen MR) is 152 cm³/mol. The molecule has 3 fully saturated rings. The molecule has 1 saturated heterocycles. The number of carbonyl (C=O) groups is 3. The van der Waals surface area contributed by atoms with Crippen molar-refractivity contribution in [3.63, 3.8) is 0 Å². The number of para-hydroxylation sites is 1. The molecule has 216 valence electrons. The van der Waals surface area contributed by atoms with Gasteiger partial charge >= 0.3 is 6.09 Å². The molecule has 3 N–H and O–H groups in total. The summed E-state index contributed by atoms with van der Waals surface area (Å²) < 4.78 is 11.1. The molecule has 6 rings (SSSR count). The zero-order chi connectivity index (χ0) is 29.2. The van der Waals surface area contributed by atoms with Crippen molar-refractivity contribution in [2.75, 3.05) is 4.90 Å². The van der Waals surface area contributed by atoms with Crippen LogP contribution in [0.1, 0.15) is 24.8 Å². The zero-order valence-electron chi connectivity index (χ0n) is 22.7. The number of nitrogens with one attached hydrogen (secondary N) is 1. The summed E-state index contributed by atoms with van der Waals surface area (Å²) in [6, 6.07) is 25.2. The lowest BCUT2D eigenvalue weighted by atomic mass is 9.60. The summed E-state index contributed by atoms with van der Waals surface area (Å²) in [6.07, 6.45) is -2.27. The number of amides is 3. The van der Waals surface area contributed by atoms with Gasteiger partial charge in [-0.25, -0.2) is 15.1 Å². The van der Waals surface area contributed by atoms with Crippen LogP contribution in [0.3, 0.4) is 0 Å². The minimum atomic E-state index is -1.23. The average Bonchev–Trinajstić information content (AvgIpc) is 3.27. The van der Waals surface area contributed by atoms with Gasteiger partial charge in [0, 0.05) is 30.0 Å². The van der Waals surface area contributed by atoms with Gasteiger partial charge in [-0.15, -0.1) is 0 Å². The Kier molecular flexibility index (Phi) is 7.73. The Bertz CT molecular complexity index is 1500. The number of ether oxygens (including phenoxy) is 2. The molecule has 0 aromatic heterocycles. The van der Waals surface area contributed by atoms with E-state index in [1.54, 1.807) is 36.4 Å². The van der Waals surface area contributed by atoms with E-state index in [9.17, 15) is 24.6 Å². The SMILES string of the molecule is O=C(N/N=C1\C[C@@H](O)[C@@H](O)[C@@H]2[C@@H]3C(=O)N(c4cccc(Oc5ccccc5)c4)C(=O)[C@@H]3CC[C@@H]12)OCc1ccccc1. The van der Waals surface area contributed by atoms with Gasteiger partial charge in [0.25, 0.3) is 0 Å². The van der Waals surface area contributed by atoms with Gasteiger partial charge in [-0.1, -0.05) is 54.6 Å². The van der Waals surface area contributed by atoms with Crippen LogP contribution in [0.2, 0.25) is 0 Å². The molecule has 1 heterocycles. The number of hydrazone groups is 1. The summed E-state index contributed by atoms with van der Waals surface area (Å²) in [5.41, 5.74) is 4.05. The van der Waals surface area contributed by atoms with Crippen molar-refractivity contribution in [2.24, 2.45) is 28.8 Å². The number of rotatable bonds is 6. The molecule has 3 aliphatic rings. The van der Waals surface area contributed by atoms with Crippen LogP contribution in [0.5, 0.6) is 11.5 Å². The first-order chi connectivity index (χ1) is 20.4. The number of hydrogen-bond acceptors (Lipinski definition) is 8. The highest BCUT2D eigenvalue weighted by Gasteiger charge is 2.60. The maximum atomic E-state index is 13.9. The number of fused-ring (bicyclic) bond motifs is 3. The van der Waals surface area contributed by atoms with E-state index in [1.165, 1.54) is 4.90 Å². The highest BCUT2D eigenvalue weighted by molar-refractivity contribution is 6.22. The molecule has 42 heavy (non-hydrogen) atoms. The number of nitrogens with zero attached hydrogens (tertiary/aromatic N) is 2. The molecule has 10 heteroatoms. The third kappa shape index (κ3) is 5.38. The van der Waals surface area contributed by atoms with Crippen LogP contribution in [-0.2, 0) is 20.9 Å². The van der Waals surface area contributed by atoms with E-state index in [2.05, 4.69) is 10.5 Å². The largest absolute Gasteiger partial charge is 0.457 e. The van der Waals surface area contributed by atoms with E-state index in [1.807, 2.05) is 48.5 Å². The summed E-state index contributed by atoms with van der Waals surface area (Å²) >= 11 is 0. The highest BCUT2D eigenvalue weighted by Crippen LogP contribution is 2.50. The molecule has 0 radical (unpaired) electrons. The first-order valence-electron chi connectivity index (χ1n) is 14.0. The smallest absolute Gasteiger partial charge is 0.428 e. The topological polar surface area (TPSA) is 138 Å². The first kappa shape index (κ1) is 27.6. The first-order valence-corrected chi connectivity index (χ1v) is 14.0. The molecular weight excluding hydrogens is 538 g/mol. The highest BCUT2D eigenvalue weighted by atomic mass is 16.6. The minimum Gasteiger partial charge on any atom is -0.457 e. The monoisotopic (exact) mass is 569 g/mol. The van der Waals surface area contributed by atoms with Crippen LogP contribution in [-0.4, -0.2) is 46.0 Å². The zero-order valence-corrected chi connectivity index (χ0v) is 22.7. The lowest BCUT2D eigenvalue weighted by Gasteiger charge is -2.45. The van der Waals surface area contributed by atoms with Crippen LogP contribution in [0, 0.1) is 23.7 Å². The third-order valence-electron chi connectivity index (χ3n) is 8.34. The van der Waals surface area contributed by atoms with Gasteiger partial charge in [-0.2, -0.15) is 5.10 Å². The molecule has 3 aromatic rings. The Labute approximate surface area is 242 Å². The second-order valence-electron chi connectivity index (χ2n) is 10.9. The van der Waals surface area contributed by atoms with Crippen LogP contribution in [0.15, 0.2) is 90.0 Å². The van der Waals surface area contributed by atoms with Gasteiger partial charge in [0.2, 0.25) is 11.8 Å². The van der Waals surface area contributed by atoms with Crippen LogP contribution >= 0.6 is 0 Å². The predicted octanol–water partition coefficient (Wildman–Crippen LogP) is 4.02. The fourth-order valence-corrected chi connectivity index (χ4v) is 6.44. The maximum absolute atomic E-state index is 13.9. The number of imide groups is 1.